The summed E-state index contributed by atoms with van der Waals surface area (Å²) in [5, 5.41) is 12.0. The summed E-state index contributed by atoms with van der Waals surface area (Å²) in [7, 11) is -3.79. The first-order valence-electron chi connectivity index (χ1n) is 11.7. The zero-order chi connectivity index (χ0) is 26.2. The number of benzene rings is 3. The van der Waals surface area contributed by atoms with E-state index in [0.29, 0.717) is 47.6 Å². The lowest BCUT2D eigenvalue weighted by atomic mass is 10.1. The molecular formula is C26H25N5O5S. The molecule has 11 heteroatoms. The number of para-hydroxylation sites is 1. The van der Waals surface area contributed by atoms with Gasteiger partial charge in [-0.05, 0) is 68.3 Å². The number of likely N-dealkylation sites (tertiary alicyclic amines) is 1. The summed E-state index contributed by atoms with van der Waals surface area (Å²) in [6.45, 7) is 2.24. The second-order valence-corrected chi connectivity index (χ2v) is 10.6. The molecule has 5 rings (SSSR count). The van der Waals surface area contributed by atoms with Crippen LogP contribution >= 0.6 is 0 Å². The molecule has 37 heavy (non-hydrogen) atoms. The van der Waals surface area contributed by atoms with Crippen molar-refractivity contribution in [3.63, 3.8) is 0 Å². The van der Waals surface area contributed by atoms with Crippen molar-refractivity contribution in [2.75, 3.05) is 16.6 Å². The van der Waals surface area contributed by atoms with Crippen LogP contribution in [0.15, 0.2) is 71.6 Å². The van der Waals surface area contributed by atoms with Gasteiger partial charge in [0.15, 0.2) is 0 Å². The SMILES string of the molecule is Cc1ccc(S(=O)(=O)Nc2cccc3[nH]c(-c4ccc(NC(=O)[C@@H]5CCCN5C(=O)O)cc4)nc23)cc1. The van der Waals surface area contributed by atoms with E-state index in [4.69, 9.17) is 0 Å². The second kappa shape index (κ2) is 9.58. The lowest BCUT2D eigenvalue weighted by molar-refractivity contribution is -0.119. The smallest absolute Gasteiger partial charge is 0.407 e. The largest absolute Gasteiger partial charge is 0.465 e. The first-order valence-corrected chi connectivity index (χ1v) is 13.2. The molecule has 190 valence electrons. The number of nitrogens with zero attached hydrogens (tertiary/aromatic N) is 2. The molecule has 1 aliphatic heterocycles. The van der Waals surface area contributed by atoms with E-state index >= 15 is 0 Å². The maximum atomic E-state index is 12.9. The molecule has 0 aliphatic carbocycles. The molecule has 1 aliphatic rings. The van der Waals surface area contributed by atoms with Crippen molar-refractivity contribution in [3.05, 3.63) is 72.3 Å². The number of imidazole rings is 1. The Bertz CT molecular complexity index is 1580. The number of fused-ring (bicyclic) bond motifs is 1. The van der Waals surface area contributed by atoms with Gasteiger partial charge in [-0.2, -0.15) is 0 Å². The number of carboxylic acid groups (broad SMARTS) is 1. The molecule has 1 fully saturated rings. The van der Waals surface area contributed by atoms with Gasteiger partial charge in [0.1, 0.15) is 17.4 Å². The number of hydrogen-bond donors (Lipinski definition) is 4. The molecule has 0 radical (unpaired) electrons. The predicted molar refractivity (Wildman–Crippen MR) is 140 cm³/mol. The minimum atomic E-state index is -3.79. The van der Waals surface area contributed by atoms with Crippen LogP contribution in [0.4, 0.5) is 16.2 Å². The van der Waals surface area contributed by atoms with Crippen LogP contribution in [0.25, 0.3) is 22.4 Å². The highest BCUT2D eigenvalue weighted by atomic mass is 32.2. The molecular weight excluding hydrogens is 494 g/mol. The molecule has 1 saturated heterocycles. The number of nitrogens with one attached hydrogen (secondary N) is 3. The number of carbonyl (C=O) groups excluding carboxylic acids is 1. The fraction of sp³-hybridized carbons (Fsp3) is 0.192. The van der Waals surface area contributed by atoms with Gasteiger partial charge < -0.3 is 15.4 Å². The lowest BCUT2D eigenvalue weighted by Crippen LogP contribution is -2.42. The Kier molecular flexibility index (Phi) is 6.30. The van der Waals surface area contributed by atoms with E-state index in [1.807, 2.05) is 6.92 Å². The standard InChI is InChI=1S/C26H25N5O5S/c1-16-7-13-19(14-8-16)37(35,36)30-21-5-2-4-20-23(21)29-24(28-20)17-9-11-18(12-10-17)27-25(32)22-6-3-15-31(22)26(33)34/h2,4-5,7-14,22,30H,3,6,15H2,1H3,(H,27,32)(H,28,29)(H,33,34)/t22-/m0/s1. The number of rotatable bonds is 6. The van der Waals surface area contributed by atoms with Crippen molar-refractivity contribution < 1.29 is 23.1 Å². The van der Waals surface area contributed by atoms with Crippen LogP contribution in [-0.4, -0.2) is 53.0 Å². The average Bonchev–Trinajstić information content (AvgIpc) is 3.53. The molecule has 0 bridgehead atoms. The van der Waals surface area contributed by atoms with Gasteiger partial charge in [0.2, 0.25) is 5.91 Å². The molecule has 1 aromatic heterocycles. The van der Waals surface area contributed by atoms with Gasteiger partial charge in [-0.25, -0.2) is 18.2 Å². The number of aryl methyl sites for hydroxylation is 1. The molecule has 1 atom stereocenters. The van der Waals surface area contributed by atoms with E-state index < -0.39 is 22.2 Å². The van der Waals surface area contributed by atoms with E-state index in [2.05, 4.69) is 20.0 Å². The highest BCUT2D eigenvalue weighted by Gasteiger charge is 2.34. The average molecular weight is 520 g/mol. The highest BCUT2D eigenvalue weighted by molar-refractivity contribution is 7.92. The third-order valence-electron chi connectivity index (χ3n) is 6.32. The molecule has 4 N–H and O–H groups in total. The van der Waals surface area contributed by atoms with Crippen LogP contribution in [0.1, 0.15) is 18.4 Å². The molecule has 2 heterocycles. The third kappa shape index (κ3) is 4.98. The Morgan fingerprint density at radius 3 is 2.49 bits per heavy atom. The van der Waals surface area contributed by atoms with Crippen LogP contribution in [0.3, 0.4) is 0 Å². The van der Waals surface area contributed by atoms with Crippen molar-refractivity contribution >= 4 is 44.4 Å². The fourth-order valence-corrected chi connectivity index (χ4v) is 5.44. The highest BCUT2D eigenvalue weighted by Crippen LogP contribution is 2.28. The summed E-state index contributed by atoms with van der Waals surface area (Å²) >= 11 is 0. The Morgan fingerprint density at radius 1 is 1.05 bits per heavy atom. The Hall–Kier alpha value is -4.38. The number of aromatic nitrogens is 2. The van der Waals surface area contributed by atoms with Crippen molar-refractivity contribution in [2.45, 2.75) is 30.7 Å². The monoisotopic (exact) mass is 519 g/mol. The van der Waals surface area contributed by atoms with Crippen LogP contribution in [0, 0.1) is 6.92 Å². The van der Waals surface area contributed by atoms with E-state index in [-0.39, 0.29) is 10.8 Å². The summed E-state index contributed by atoms with van der Waals surface area (Å²) in [5.74, 6) is 0.171. The van der Waals surface area contributed by atoms with E-state index in [9.17, 15) is 23.1 Å². The topological polar surface area (TPSA) is 144 Å². The molecule has 3 aromatic carbocycles. The number of amides is 2. The summed E-state index contributed by atoms with van der Waals surface area (Å²) in [5.41, 5.74) is 3.71. The normalized spacial score (nSPS) is 15.6. The molecule has 2 amide bonds. The quantitative estimate of drug-likeness (QED) is 0.297. The summed E-state index contributed by atoms with van der Waals surface area (Å²) in [6, 6.07) is 18.0. The molecule has 0 spiro atoms. The Morgan fingerprint density at radius 2 is 1.78 bits per heavy atom. The van der Waals surface area contributed by atoms with E-state index in [1.165, 1.54) is 0 Å². The fourth-order valence-electron chi connectivity index (χ4n) is 4.38. The maximum absolute atomic E-state index is 12.9. The van der Waals surface area contributed by atoms with Gasteiger partial charge in [0.05, 0.1) is 16.1 Å². The zero-order valence-corrected chi connectivity index (χ0v) is 20.7. The van der Waals surface area contributed by atoms with Crippen molar-refractivity contribution in [1.82, 2.24) is 14.9 Å². The summed E-state index contributed by atoms with van der Waals surface area (Å²) < 4.78 is 28.4. The van der Waals surface area contributed by atoms with Gasteiger partial charge in [-0.3, -0.25) is 14.4 Å². The number of hydrogen-bond acceptors (Lipinski definition) is 5. The first-order chi connectivity index (χ1) is 17.7. The van der Waals surface area contributed by atoms with Crippen LogP contribution in [0.5, 0.6) is 0 Å². The molecule has 0 saturated carbocycles. The van der Waals surface area contributed by atoms with Gasteiger partial charge in [-0.1, -0.05) is 23.8 Å². The minimum Gasteiger partial charge on any atom is -0.465 e. The van der Waals surface area contributed by atoms with Crippen LogP contribution in [-0.2, 0) is 14.8 Å². The van der Waals surface area contributed by atoms with Crippen molar-refractivity contribution in [2.24, 2.45) is 0 Å². The summed E-state index contributed by atoms with van der Waals surface area (Å²) in [4.78, 5) is 33.0. The third-order valence-corrected chi connectivity index (χ3v) is 7.70. The first kappa shape index (κ1) is 24.3. The van der Waals surface area contributed by atoms with Crippen LogP contribution in [0.2, 0.25) is 0 Å². The van der Waals surface area contributed by atoms with E-state index in [0.717, 1.165) is 16.0 Å². The molecule has 10 nitrogen and oxygen atoms in total. The van der Waals surface area contributed by atoms with Crippen molar-refractivity contribution in [3.8, 4) is 11.4 Å². The van der Waals surface area contributed by atoms with Gasteiger partial charge in [0.25, 0.3) is 10.0 Å². The number of H-pyrrole nitrogens is 1. The van der Waals surface area contributed by atoms with Gasteiger partial charge in [0, 0.05) is 17.8 Å². The zero-order valence-electron chi connectivity index (χ0n) is 19.9. The molecule has 0 unspecified atom stereocenters. The van der Waals surface area contributed by atoms with Crippen molar-refractivity contribution in [1.29, 1.82) is 0 Å². The Balaban J connectivity index is 1.35. The van der Waals surface area contributed by atoms with Gasteiger partial charge in [-0.15, -0.1) is 0 Å². The molecule has 4 aromatic rings. The predicted octanol–water partition coefficient (Wildman–Crippen LogP) is 4.42. The van der Waals surface area contributed by atoms with Gasteiger partial charge >= 0.3 is 6.09 Å². The lowest BCUT2D eigenvalue weighted by Gasteiger charge is -2.20. The number of carbonyl (C=O) groups is 2. The number of aromatic amines is 1. The van der Waals surface area contributed by atoms with Crippen LogP contribution < -0.4 is 10.0 Å². The second-order valence-electron chi connectivity index (χ2n) is 8.91. The maximum Gasteiger partial charge on any atom is 0.407 e. The number of anilines is 2. The summed E-state index contributed by atoms with van der Waals surface area (Å²) in [6.07, 6.45) is 0.0439. The Labute approximate surface area is 213 Å². The number of sulfonamides is 1. The minimum absolute atomic E-state index is 0.160. The van der Waals surface area contributed by atoms with E-state index in [1.54, 1.807) is 66.7 Å².